The third kappa shape index (κ3) is 4.50. The molecule has 0 bridgehead atoms. The molecule has 8 heteroatoms. The van der Waals surface area contributed by atoms with Gasteiger partial charge < -0.3 is 19.3 Å². The van der Waals surface area contributed by atoms with Gasteiger partial charge in [0.2, 0.25) is 0 Å². The van der Waals surface area contributed by atoms with Crippen molar-refractivity contribution in [1.82, 2.24) is 0 Å². The van der Waals surface area contributed by atoms with Crippen molar-refractivity contribution >= 4 is 34.7 Å². The van der Waals surface area contributed by atoms with Crippen molar-refractivity contribution in [3.05, 3.63) is 87.9 Å². The number of aliphatic hydroxyl groups is 1. The van der Waals surface area contributed by atoms with E-state index >= 15 is 0 Å². The number of carbonyl (C=O) groups is 2. The molecule has 1 amide bonds. The van der Waals surface area contributed by atoms with Crippen LogP contribution in [0, 0.1) is 6.92 Å². The van der Waals surface area contributed by atoms with Crippen molar-refractivity contribution in [2.24, 2.45) is 0 Å². The summed E-state index contributed by atoms with van der Waals surface area (Å²) < 4.78 is 16.4. The highest BCUT2D eigenvalue weighted by molar-refractivity contribution is 6.51. The number of anilines is 1. The first-order valence-corrected chi connectivity index (χ1v) is 11.7. The number of ketones is 1. The maximum atomic E-state index is 13.4. The number of aliphatic hydroxyl groups excluding tert-OH is 1. The molecule has 1 saturated heterocycles. The predicted molar refractivity (Wildman–Crippen MR) is 138 cm³/mol. The van der Waals surface area contributed by atoms with Crippen LogP contribution in [0.15, 0.2) is 66.2 Å². The fraction of sp³-hybridized carbons (Fsp3) is 0.214. The molecule has 0 aromatic heterocycles. The van der Waals surface area contributed by atoms with Crippen molar-refractivity contribution in [1.29, 1.82) is 0 Å². The number of Topliss-reactive ketones (excluding diaryl/α,β-unsaturated/α-hetero) is 1. The maximum Gasteiger partial charge on any atom is 0.300 e. The van der Waals surface area contributed by atoms with E-state index in [1.807, 2.05) is 6.92 Å². The molecule has 36 heavy (non-hydrogen) atoms. The van der Waals surface area contributed by atoms with Gasteiger partial charge in [0.1, 0.15) is 11.5 Å². The number of halogens is 1. The molecule has 186 valence electrons. The van der Waals surface area contributed by atoms with Crippen LogP contribution in [0.4, 0.5) is 5.69 Å². The van der Waals surface area contributed by atoms with Crippen LogP contribution in [0.2, 0.25) is 5.02 Å². The molecular formula is C28H26ClNO6. The zero-order valence-electron chi connectivity index (χ0n) is 20.4. The minimum absolute atomic E-state index is 0.0409. The van der Waals surface area contributed by atoms with Crippen LogP contribution < -0.4 is 19.1 Å². The predicted octanol–water partition coefficient (Wildman–Crippen LogP) is 5.69. The van der Waals surface area contributed by atoms with Crippen LogP contribution >= 0.6 is 11.6 Å². The summed E-state index contributed by atoms with van der Waals surface area (Å²) in [6, 6.07) is 16.0. The Morgan fingerprint density at radius 1 is 1.00 bits per heavy atom. The van der Waals surface area contributed by atoms with E-state index in [-0.39, 0.29) is 11.3 Å². The Labute approximate surface area is 214 Å². The second-order valence-electron chi connectivity index (χ2n) is 8.17. The van der Waals surface area contributed by atoms with E-state index in [1.54, 1.807) is 74.7 Å². The normalized spacial score (nSPS) is 16.8. The van der Waals surface area contributed by atoms with Gasteiger partial charge in [-0.15, -0.1) is 0 Å². The second kappa shape index (κ2) is 10.3. The average Bonchev–Trinajstić information content (AvgIpc) is 3.14. The summed E-state index contributed by atoms with van der Waals surface area (Å²) in [6.45, 7) is 4.02. The van der Waals surface area contributed by atoms with E-state index in [9.17, 15) is 14.7 Å². The van der Waals surface area contributed by atoms with E-state index in [0.717, 1.165) is 0 Å². The third-order valence-electron chi connectivity index (χ3n) is 6.02. The Kier molecular flexibility index (Phi) is 7.22. The Bertz CT molecular complexity index is 1370. The molecule has 1 fully saturated rings. The zero-order chi connectivity index (χ0) is 26.0. The minimum atomic E-state index is -0.935. The van der Waals surface area contributed by atoms with E-state index in [0.29, 0.717) is 51.3 Å². The smallest absolute Gasteiger partial charge is 0.300 e. The molecule has 0 radical (unpaired) electrons. The lowest BCUT2D eigenvalue weighted by atomic mass is 9.93. The van der Waals surface area contributed by atoms with Gasteiger partial charge >= 0.3 is 0 Å². The van der Waals surface area contributed by atoms with Crippen molar-refractivity contribution in [2.45, 2.75) is 19.9 Å². The minimum Gasteiger partial charge on any atom is -0.507 e. The molecule has 4 rings (SSSR count). The molecule has 0 aliphatic carbocycles. The monoisotopic (exact) mass is 507 g/mol. The number of ether oxygens (including phenoxy) is 3. The third-order valence-corrected chi connectivity index (χ3v) is 6.26. The Morgan fingerprint density at radius 3 is 2.42 bits per heavy atom. The molecule has 1 N–H and O–H groups in total. The Balaban J connectivity index is 1.98. The number of hydrogen-bond donors (Lipinski definition) is 1. The van der Waals surface area contributed by atoms with Gasteiger partial charge in [-0.1, -0.05) is 23.7 Å². The summed E-state index contributed by atoms with van der Waals surface area (Å²) >= 11 is 6.22. The molecular weight excluding hydrogens is 482 g/mol. The highest BCUT2D eigenvalue weighted by Crippen LogP contribution is 2.45. The number of carbonyl (C=O) groups excluding carboxylic acids is 2. The summed E-state index contributed by atoms with van der Waals surface area (Å²) in [5.41, 5.74) is 2.05. The summed E-state index contributed by atoms with van der Waals surface area (Å²) in [7, 11) is 3.08. The van der Waals surface area contributed by atoms with Gasteiger partial charge in [-0.2, -0.15) is 0 Å². The van der Waals surface area contributed by atoms with Crippen LogP contribution in [-0.4, -0.2) is 37.6 Å². The van der Waals surface area contributed by atoms with E-state index in [4.69, 9.17) is 25.8 Å². The van der Waals surface area contributed by atoms with Gasteiger partial charge in [-0.05, 0) is 73.5 Å². The first-order valence-electron chi connectivity index (χ1n) is 11.3. The number of amides is 1. The first kappa shape index (κ1) is 25.1. The lowest BCUT2D eigenvalue weighted by Crippen LogP contribution is -2.29. The zero-order valence-corrected chi connectivity index (χ0v) is 21.1. The quantitative estimate of drug-likeness (QED) is 0.251. The molecule has 7 nitrogen and oxygen atoms in total. The van der Waals surface area contributed by atoms with Gasteiger partial charge in [-0.25, -0.2) is 0 Å². The topological polar surface area (TPSA) is 85.3 Å². The van der Waals surface area contributed by atoms with Crippen molar-refractivity contribution in [2.75, 3.05) is 25.7 Å². The van der Waals surface area contributed by atoms with Crippen molar-refractivity contribution < 1.29 is 28.9 Å². The van der Waals surface area contributed by atoms with Gasteiger partial charge in [0.05, 0.1) is 32.4 Å². The molecule has 3 aromatic carbocycles. The van der Waals surface area contributed by atoms with Crippen LogP contribution in [0.1, 0.15) is 29.7 Å². The van der Waals surface area contributed by atoms with Gasteiger partial charge in [0.15, 0.2) is 11.5 Å². The van der Waals surface area contributed by atoms with E-state index < -0.39 is 17.7 Å². The highest BCUT2D eigenvalue weighted by Gasteiger charge is 2.47. The molecule has 0 saturated carbocycles. The number of rotatable bonds is 7. The standard InChI is InChI=1S/C28H26ClNO6/c1-5-36-23-14-17(9-12-22(23)35-4)25-24(26(31)21-11-10-20(34-3)13-16(21)2)27(32)28(33)30(25)19-8-6-7-18(29)15-19/h6-15,25,31H,5H2,1-4H3/b26-24+. The second-order valence-corrected chi connectivity index (χ2v) is 8.61. The Morgan fingerprint density at radius 2 is 1.78 bits per heavy atom. The van der Waals surface area contributed by atoms with Crippen LogP contribution in [0.25, 0.3) is 5.76 Å². The van der Waals surface area contributed by atoms with E-state index in [1.165, 1.54) is 12.0 Å². The number of benzene rings is 3. The van der Waals surface area contributed by atoms with Crippen molar-refractivity contribution in [3.63, 3.8) is 0 Å². The summed E-state index contributed by atoms with van der Waals surface area (Å²) in [4.78, 5) is 28.1. The van der Waals surface area contributed by atoms with Crippen LogP contribution in [0.3, 0.4) is 0 Å². The molecule has 3 aromatic rings. The van der Waals surface area contributed by atoms with Gasteiger partial charge in [0, 0.05) is 16.3 Å². The fourth-order valence-electron chi connectivity index (χ4n) is 4.35. The molecule has 1 aliphatic heterocycles. The first-order chi connectivity index (χ1) is 17.3. The SMILES string of the molecule is CCOc1cc(C2/C(=C(\O)c3ccc(OC)cc3C)C(=O)C(=O)N2c2cccc(Cl)c2)ccc1OC. The highest BCUT2D eigenvalue weighted by atomic mass is 35.5. The lowest BCUT2D eigenvalue weighted by molar-refractivity contribution is -0.132. The summed E-state index contributed by atoms with van der Waals surface area (Å²) in [5, 5.41) is 11.8. The lowest BCUT2D eigenvalue weighted by Gasteiger charge is -2.26. The van der Waals surface area contributed by atoms with Gasteiger partial charge in [-0.3, -0.25) is 14.5 Å². The molecule has 1 heterocycles. The summed E-state index contributed by atoms with van der Waals surface area (Å²) in [6.07, 6.45) is 0. The largest absolute Gasteiger partial charge is 0.507 e. The summed E-state index contributed by atoms with van der Waals surface area (Å²) in [5.74, 6) is -0.292. The number of methoxy groups -OCH3 is 2. The molecule has 0 spiro atoms. The molecule has 1 unspecified atom stereocenters. The number of aryl methyl sites for hydroxylation is 1. The number of hydrogen-bond acceptors (Lipinski definition) is 6. The van der Waals surface area contributed by atoms with Crippen molar-refractivity contribution in [3.8, 4) is 17.2 Å². The van der Waals surface area contributed by atoms with Gasteiger partial charge in [0.25, 0.3) is 11.7 Å². The molecule has 1 aliphatic rings. The van der Waals surface area contributed by atoms with Crippen LogP contribution in [0.5, 0.6) is 17.2 Å². The molecule has 1 atom stereocenters. The maximum absolute atomic E-state index is 13.4. The fourth-order valence-corrected chi connectivity index (χ4v) is 4.53. The Hall–Kier alpha value is -3.97. The average molecular weight is 508 g/mol. The van der Waals surface area contributed by atoms with Crippen LogP contribution in [-0.2, 0) is 9.59 Å². The van der Waals surface area contributed by atoms with E-state index in [2.05, 4.69) is 0 Å². The number of nitrogens with zero attached hydrogens (tertiary/aromatic N) is 1.